The molecule has 2 aliphatic rings. The summed E-state index contributed by atoms with van der Waals surface area (Å²) in [4.78, 5) is 20.7. The van der Waals surface area contributed by atoms with E-state index in [0.29, 0.717) is 31.8 Å². The number of carbonyl (C=O) groups is 1. The Balaban J connectivity index is 1.41. The lowest BCUT2D eigenvalue weighted by Crippen LogP contribution is -2.37. The normalized spacial score (nSPS) is 18.3. The molecule has 1 saturated carbocycles. The second-order valence-electron chi connectivity index (χ2n) is 8.76. The molecule has 5 nitrogen and oxygen atoms in total. The summed E-state index contributed by atoms with van der Waals surface area (Å²) in [6.45, 7) is 0.886. The molecule has 1 amide bonds. The minimum absolute atomic E-state index is 0.121. The number of rotatable bonds is 9. The Bertz CT molecular complexity index is 938. The molecule has 0 spiro atoms. The highest BCUT2D eigenvalue weighted by molar-refractivity contribution is 6.03. The molecular formula is C26H31FN2O3. The topological polar surface area (TPSA) is 51.1 Å². The molecule has 2 aromatic carbocycles. The highest BCUT2D eigenvalue weighted by Crippen LogP contribution is 2.29. The summed E-state index contributed by atoms with van der Waals surface area (Å²) in [5.74, 6) is 1.26. The van der Waals surface area contributed by atoms with Gasteiger partial charge in [0.2, 0.25) is 5.91 Å². The fourth-order valence-electron chi connectivity index (χ4n) is 4.66. The first-order valence-corrected chi connectivity index (χ1v) is 11.5. The van der Waals surface area contributed by atoms with Crippen LogP contribution in [0.1, 0.15) is 56.1 Å². The first-order valence-electron chi connectivity index (χ1n) is 11.5. The molecule has 0 unspecified atom stereocenters. The Hall–Kier alpha value is -2.89. The van der Waals surface area contributed by atoms with Crippen LogP contribution in [0.25, 0.3) is 0 Å². The maximum atomic E-state index is 13.3. The van der Waals surface area contributed by atoms with Gasteiger partial charge in [0.15, 0.2) is 6.10 Å². The van der Waals surface area contributed by atoms with Crippen LogP contribution in [0.15, 0.2) is 53.7 Å². The van der Waals surface area contributed by atoms with Gasteiger partial charge >= 0.3 is 0 Å². The molecule has 6 heteroatoms. The van der Waals surface area contributed by atoms with Crippen molar-refractivity contribution in [3.05, 3.63) is 65.5 Å². The van der Waals surface area contributed by atoms with Gasteiger partial charge in [0.1, 0.15) is 11.6 Å². The number of ether oxygens (including phenoxy) is 1. The van der Waals surface area contributed by atoms with Crippen LogP contribution in [-0.2, 0) is 16.2 Å². The zero-order valence-electron chi connectivity index (χ0n) is 18.6. The van der Waals surface area contributed by atoms with Gasteiger partial charge in [-0.15, -0.1) is 0 Å². The Morgan fingerprint density at radius 1 is 1.16 bits per heavy atom. The number of methoxy groups -OCH3 is 1. The third kappa shape index (κ3) is 5.67. The molecule has 32 heavy (non-hydrogen) atoms. The fourth-order valence-corrected chi connectivity index (χ4v) is 4.66. The third-order valence-electron chi connectivity index (χ3n) is 6.46. The molecule has 0 saturated heterocycles. The van der Waals surface area contributed by atoms with Crippen molar-refractivity contribution in [2.24, 2.45) is 11.1 Å². The van der Waals surface area contributed by atoms with Gasteiger partial charge in [-0.3, -0.25) is 4.79 Å². The number of hydrogen-bond acceptors (Lipinski definition) is 4. The van der Waals surface area contributed by atoms with E-state index in [-0.39, 0.29) is 17.8 Å². The van der Waals surface area contributed by atoms with E-state index < -0.39 is 0 Å². The van der Waals surface area contributed by atoms with E-state index in [1.807, 2.05) is 29.2 Å². The van der Waals surface area contributed by atoms with Gasteiger partial charge in [-0.2, -0.15) is 0 Å². The second-order valence-corrected chi connectivity index (χ2v) is 8.76. The molecule has 0 radical (unpaired) electrons. The molecule has 1 aliphatic carbocycles. The molecule has 0 N–H and O–H groups in total. The number of carbonyl (C=O) groups excluding carboxylic acids is 1. The van der Waals surface area contributed by atoms with E-state index in [4.69, 9.17) is 9.57 Å². The maximum Gasteiger partial charge on any atom is 0.223 e. The van der Waals surface area contributed by atoms with Crippen LogP contribution in [0.2, 0.25) is 0 Å². The molecule has 1 fully saturated rings. The van der Waals surface area contributed by atoms with Gasteiger partial charge in [-0.1, -0.05) is 55.1 Å². The molecule has 2 aromatic rings. The highest BCUT2D eigenvalue weighted by Gasteiger charge is 2.28. The molecule has 4 rings (SSSR count). The quantitative estimate of drug-likeness (QED) is 0.532. The van der Waals surface area contributed by atoms with E-state index >= 15 is 0 Å². The van der Waals surface area contributed by atoms with Crippen LogP contribution in [0.5, 0.6) is 5.75 Å². The summed E-state index contributed by atoms with van der Waals surface area (Å²) < 4.78 is 18.8. The number of nitrogens with zero attached hydrogens (tertiary/aromatic N) is 2. The van der Waals surface area contributed by atoms with Crippen molar-refractivity contribution in [3.63, 3.8) is 0 Å². The zero-order valence-corrected chi connectivity index (χ0v) is 18.6. The van der Waals surface area contributed by atoms with Crippen LogP contribution in [0.4, 0.5) is 4.39 Å². The van der Waals surface area contributed by atoms with Gasteiger partial charge in [0.25, 0.3) is 0 Å². The Kier molecular flexibility index (Phi) is 7.40. The first kappa shape index (κ1) is 22.3. The lowest BCUT2D eigenvalue weighted by atomic mass is 10.0. The highest BCUT2D eigenvalue weighted by atomic mass is 19.1. The summed E-state index contributed by atoms with van der Waals surface area (Å²) >= 11 is 0. The largest absolute Gasteiger partial charge is 0.496 e. The minimum atomic E-state index is -0.276. The van der Waals surface area contributed by atoms with E-state index in [2.05, 4.69) is 5.16 Å². The first-order chi connectivity index (χ1) is 15.6. The van der Waals surface area contributed by atoms with Crippen molar-refractivity contribution in [3.8, 4) is 5.75 Å². The van der Waals surface area contributed by atoms with Crippen molar-refractivity contribution in [2.75, 3.05) is 13.7 Å². The van der Waals surface area contributed by atoms with Crippen molar-refractivity contribution >= 4 is 11.6 Å². The van der Waals surface area contributed by atoms with Crippen LogP contribution in [-0.4, -0.2) is 36.3 Å². The molecule has 1 aliphatic heterocycles. The standard InChI is InChI=1S/C26H31FN2O3/c1-31-25-9-5-4-8-23(25)24-16-22(32-28-24)18-29(17-20-10-13-21(27)14-11-20)26(30)15-12-19-6-2-3-7-19/h4-5,8-11,13-14,19,22H,2-3,6-7,12,15-18H2,1H3/t22-/m1/s1. The van der Waals surface area contributed by atoms with E-state index in [1.54, 1.807) is 19.2 Å². The number of halogens is 1. The summed E-state index contributed by atoms with van der Waals surface area (Å²) in [7, 11) is 1.64. The van der Waals surface area contributed by atoms with Crippen molar-refractivity contribution in [1.29, 1.82) is 0 Å². The van der Waals surface area contributed by atoms with Gasteiger partial charge in [-0.05, 0) is 42.2 Å². The second kappa shape index (κ2) is 10.6. The smallest absolute Gasteiger partial charge is 0.223 e. The van der Waals surface area contributed by atoms with Gasteiger partial charge in [0.05, 0.1) is 19.4 Å². The molecule has 1 heterocycles. The SMILES string of the molecule is COc1ccccc1C1=NO[C@@H](CN(Cc2ccc(F)cc2)C(=O)CCC2CCCC2)C1. The number of hydrogen-bond donors (Lipinski definition) is 0. The number of para-hydroxylation sites is 1. The number of amides is 1. The third-order valence-corrected chi connectivity index (χ3v) is 6.46. The molecule has 170 valence electrons. The van der Waals surface area contributed by atoms with Gasteiger partial charge < -0.3 is 14.5 Å². The average molecular weight is 439 g/mol. The Morgan fingerprint density at radius 2 is 1.91 bits per heavy atom. The van der Waals surface area contributed by atoms with Crippen LogP contribution >= 0.6 is 0 Å². The zero-order chi connectivity index (χ0) is 22.3. The minimum Gasteiger partial charge on any atom is -0.496 e. The van der Waals surface area contributed by atoms with Crippen molar-refractivity contribution < 1.29 is 18.8 Å². The maximum absolute atomic E-state index is 13.3. The summed E-state index contributed by atoms with van der Waals surface area (Å²) in [5, 5.41) is 4.29. The molecule has 1 atom stereocenters. The summed E-state index contributed by atoms with van der Waals surface area (Å²) in [6, 6.07) is 14.1. The number of benzene rings is 2. The van der Waals surface area contributed by atoms with Crippen LogP contribution < -0.4 is 4.74 Å². The molecule has 0 bridgehead atoms. The average Bonchev–Trinajstić information content (AvgIpc) is 3.50. The number of oxime groups is 1. The lowest BCUT2D eigenvalue weighted by Gasteiger charge is -2.25. The van der Waals surface area contributed by atoms with Crippen molar-refractivity contribution in [2.45, 2.75) is 57.6 Å². The van der Waals surface area contributed by atoms with Crippen LogP contribution in [0.3, 0.4) is 0 Å². The van der Waals surface area contributed by atoms with Crippen LogP contribution in [0, 0.1) is 11.7 Å². The summed E-state index contributed by atoms with van der Waals surface area (Å²) in [6.07, 6.45) is 6.88. The predicted molar refractivity (Wildman–Crippen MR) is 122 cm³/mol. The van der Waals surface area contributed by atoms with E-state index in [1.165, 1.54) is 37.8 Å². The lowest BCUT2D eigenvalue weighted by molar-refractivity contribution is -0.134. The van der Waals surface area contributed by atoms with Gasteiger partial charge in [-0.25, -0.2) is 4.39 Å². The van der Waals surface area contributed by atoms with Gasteiger partial charge in [0, 0.05) is 24.9 Å². The Morgan fingerprint density at radius 3 is 2.66 bits per heavy atom. The predicted octanol–water partition coefficient (Wildman–Crippen LogP) is 5.33. The fraction of sp³-hybridized carbons (Fsp3) is 0.462. The van der Waals surface area contributed by atoms with Crippen molar-refractivity contribution in [1.82, 2.24) is 4.90 Å². The molecular weight excluding hydrogens is 407 g/mol. The molecule has 0 aromatic heterocycles. The summed E-state index contributed by atoms with van der Waals surface area (Å²) in [5.41, 5.74) is 2.65. The monoisotopic (exact) mass is 438 g/mol. The van der Waals surface area contributed by atoms with E-state index in [9.17, 15) is 9.18 Å². The Labute approximate surface area is 189 Å². The van der Waals surface area contributed by atoms with E-state index in [0.717, 1.165) is 29.0 Å².